The van der Waals surface area contributed by atoms with Crippen molar-refractivity contribution < 1.29 is 9.53 Å². The van der Waals surface area contributed by atoms with Gasteiger partial charge in [0.25, 0.3) is 0 Å². The molecule has 4 N–H and O–H groups in total. The first-order valence-corrected chi connectivity index (χ1v) is 12.8. The van der Waals surface area contributed by atoms with E-state index < -0.39 is 5.97 Å². The fourth-order valence-electron chi connectivity index (χ4n) is 4.38. The van der Waals surface area contributed by atoms with Crippen LogP contribution in [0, 0.1) is 0 Å². The largest absolute Gasteiger partial charge is 0.463 e. The van der Waals surface area contributed by atoms with Crippen molar-refractivity contribution in [2.45, 2.75) is 19.8 Å². The van der Waals surface area contributed by atoms with Crippen LogP contribution in [-0.4, -0.2) is 52.1 Å². The van der Waals surface area contributed by atoms with E-state index in [1.165, 1.54) is 17.2 Å². The summed E-state index contributed by atoms with van der Waals surface area (Å²) in [5, 5.41) is 11.2. The smallest absolute Gasteiger partial charge is 0.330 e. The van der Waals surface area contributed by atoms with Gasteiger partial charge in [-0.05, 0) is 61.9 Å². The van der Waals surface area contributed by atoms with Gasteiger partial charge in [0, 0.05) is 77.6 Å². The molecule has 9 heteroatoms. The summed E-state index contributed by atoms with van der Waals surface area (Å²) in [4.78, 5) is 28.8. The van der Waals surface area contributed by atoms with E-state index in [4.69, 9.17) is 9.72 Å². The second-order valence-electron chi connectivity index (χ2n) is 8.85. The maximum atomic E-state index is 11.9. The molecule has 0 radical (unpaired) electrons. The molecule has 0 atom stereocenters. The van der Waals surface area contributed by atoms with E-state index in [2.05, 4.69) is 55.3 Å². The van der Waals surface area contributed by atoms with Crippen LogP contribution < -0.4 is 16.0 Å². The van der Waals surface area contributed by atoms with Crippen LogP contribution in [0.15, 0.2) is 67.1 Å². The quantitative estimate of drug-likeness (QED) is 0.179. The van der Waals surface area contributed by atoms with E-state index in [9.17, 15) is 4.79 Å². The molecule has 0 aliphatic carbocycles. The number of nitrogens with one attached hydrogen (secondary N) is 4. The molecule has 38 heavy (non-hydrogen) atoms. The number of nitrogens with zero attached hydrogens (tertiary/aromatic N) is 3. The van der Waals surface area contributed by atoms with Gasteiger partial charge in [0.2, 0.25) is 5.95 Å². The van der Waals surface area contributed by atoms with E-state index in [0.29, 0.717) is 30.5 Å². The summed E-state index contributed by atoms with van der Waals surface area (Å²) in [5.74, 6) is 0.659. The summed E-state index contributed by atoms with van der Waals surface area (Å²) in [6, 6.07) is 12.0. The maximum absolute atomic E-state index is 11.9. The number of pyridine rings is 1. The summed E-state index contributed by atoms with van der Waals surface area (Å²) in [6.07, 6.45) is 12.6. The molecule has 0 saturated heterocycles. The van der Waals surface area contributed by atoms with Crippen molar-refractivity contribution in [2.75, 3.05) is 36.9 Å². The van der Waals surface area contributed by atoms with Crippen molar-refractivity contribution in [2.24, 2.45) is 0 Å². The van der Waals surface area contributed by atoms with Crippen LogP contribution in [0.3, 0.4) is 0 Å². The molecule has 3 aromatic heterocycles. The highest BCUT2D eigenvalue weighted by molar-refractivity contribution is 5.95. The highest BCUT2D eigenvalue weighted by atomic mass is 16.5. The SMILES string of the molecule is CCOC(=O)/C=C/c1cnc(Nc2ccc3[nH]cc(C4=CCNCC4)c3c2)nc1NCCc1ccccn1. The average molecular weight is 510 g/mol. The summed E-state index contributed by atoms with van der Waals surface area (Å²) >= 11 is 0. The third-order valence-electron chi connectivity index (χ3n) is 6.25. The van der Waals surface area contributed by atoms with Crippen LogP contribution in [0.5, 0.6) is 0 Å². The Bertz CT molecular complexity index is 1460. The number of ether oxygens (including phenoxy) is 1. The molecular weight excluding hydrogens is 478 g/mol. The van der Waals surface area contributed by atoms with Crippen molar-refractivity contribution in [3.8, 4) is 0 Å². The number of hydrogen-bond acceptors (Lipinski definition) is 8. The molecule has 0 amide bonds. The Morgan fingerprint density at radius 1 is 1.21 bits per heavy atom. The Morgan fingerprint density at radius 3 is 2.97 bits per heavy atom. The minimum absolute atomic E-state index is 0.319. The highest BCUT2D eigenvalue weighted by Gasteiger charge is 2.13. The van der Waals surface area contributed by atoms with E-state index in [1.54, 1.807) is 25.4 Å². The molecule has 1 aliphatic heterocycles. The Labute approximate surface area is 221 Å². The van der Waals surface area contributed by atoms with E-state index in [-0.39, 0.29) is 0 Å². The number of carbonyl (C=O) groups excluding carboxylic acids is 1. The number of H-pyrrole nitrogens is 1. The predicted octanol–water partition coefficient (Wildman–Crippen LogP) is 4.70. The molecule has 0 spiro atoms. The van der Waals surface area contributed by atoms with Crippen molar-refractivity contribution in [3.05, 3.63) is 84.0 Å². The van der Waals surface area contributed by atoms with Crippen molar-refractivity contribution in [1.82, 2.24) is 25.3 Å². The third kappa shape index (κ3) is 6.24. The predicted molar refractivity (Wildman–Crippen MR) is 151 cm³/mol. The van der Waals surface area contributed by atoms with Gasteiger partial charge in [0.05, 0.1) is 6.61 Å². The number of hydrogen-bond donors (Lipinski definition) is 4. The summed E-state index contributed by atoms with van der Waals surface area (Å²) in [5.41, 5.74) is 6.22. The molecule has 0 fully saturated rings. The van der Waals surface area contributed by atoms with Gasteiger partial charge in [-0.15, -0.1) is 0 Å². The Hall–Kier alpha value is -4.50. The monoisotopic (exact) mass is 509 g/mol. The lowest BCUT2D eigenvalue weighted by Crippen LogP contribution is -2.19. The number of benzene rings is 1. The molecule has 0 saturated carbocycles. The summed E-state index contributed by atoms with van der Waals surface area (Å²) in [6.45, 7) is 4.59. The average Bonchev–Trinajstić information content (AvgIpc) is 3.37. The lowest BCUT2D eigenvalue weighted by molar-refractivity contribution is -0.137. The fourth-order valence-corrected chi connectivity index (χ4v) is 4.38. The Kier molecular flexibility index (Phi) is 8.05. The van der Waals surface area contributed by atoms with Gasteiger partial charge in [-0.25, -0.2) is 9.78 Å². The van der Waals surface area contributed by atoms with Gasteiger partial charge < -0.3 is 25.7 Å². The minimum atomic E-state index is -0.409. The second-order valence-corrected chi connectivity index (χ2v) is 8.85. The van der Waals surface area contributed by atoms with E-state index >= 15 is 0 Å². The molecule has 194 valence electrons. The van der Waals surface area contributed by atoms with Crippen LogP contribution >= 0.6 is 0 Å². The van der Waals surface area contributed by atoms with Gasteiger partial charge in [-0.2, -0.15) is 4.98 Å². The minimum Gasteiger partial charge on any atom is -0.463 e. The lowest BCUT2D eigenvalue weighted by Gasteiger charge is -2.14. The normalized spacial score (nSPS) is 13.4. The second kappa shape index (κ2) is 12.2. The van der Waals surface area contributed by atoms with Gasteiger partial charge in [-0.1, -0.05) is 12.1 Å². The van der Waals surface area contributed by atoms with Crippen molar-refractivity contribution in [3.63, 3.8) is 0 Å². The number of fused-ring (bicyclic) bond motifs is 1. The lowest BCUT2D eigenvalue weighted by atomic mass is 9.99. The molecule has 1 aliphatic rings. The zero-order chi connectivity index (χ0) is 26.2. The van der Waals surface area contributed by atoms with Gasteiger partial charge in [-0.3, -0.25) is 4.98 Å². The van der Waals surface area contributed by atoms with Gasteiger partial charge in [0.1, 0.15) is 5.82 Å². The molecule has 5 rings (SSSR count). The fraction of sp³-hybridized carbons (Fsp3) is 0.241. The number of rotatable bonds is 10. The number of esters is 1. The van der Waals surface area contributed by atoms with Crippen molar-refractivity contribution >= 4 is 46.0 Å². The number of anilines is 3. The number of aromatic amines is 1. The molecule has 4 aromatic rings. The Balaban J connectivity index is 1.37. The third-order valence-corrected chi connectivity index (χ3v) is 6.25. The molecular formula is C29H31N7O2. The topological polar surface area (TPSA) is 117 Å². The summed E-state index contributed by atoms with van der Waals surface area (Å²) in [7, 11) is 0. The van der Waals surface area contributed by atoms with Gasteiger partial charge >= 0.3 is 5.97 Å². The number of aromatic nitrogens is 4. The zero-order valence-corrected chi connectivity index (χ0v) is 21.3. The van der Waals surface area contributed by atoms with Crippen LogP contribution in [0.2, 0.25) is 0 Å². The standard InChI is InChI=1S/C29H31N7O2/c1-2-38-27(37)9-6-21-18-34-29(36-28(21)32-16-12-22-5-3-4-13-31-22)35-23-7-8-26-24(17-23)25(19-33-26)20-10-14-30-15-11-20/h3-10,13,17-19,30,33H,2,11-12,14-16H2,1H3,(H2,32,34,35,36)/b9-6+. The first-order chi connectivity index (χ1) is 18.7. The van der Waals surface area contributed by atoms with Crippen molar-refractivity contribution in [1.29, 1.82) is 0 Å². The van der Waals surface area contributed by atoms with E-state index in [0.717, 1.165) is 48.2 Å². The molecule has 0 unspecified atom stereocenters. The van der Waals surface area contributed by atoms with Gasteiger partial charge in [0.15, 0.2) is 0 Å². The zero-order valence-electron chi connectivity index (χ0n) is 21.3. The maximum Gasteiger partial charge on any atom is 0.330 e. The highest BCUT2D eigenvalue weighted by Crippen LogP contribution is 2.30. The molecule has 1 aromatic carbocycles. The molecule has 4 heterocycles. The van der Waals surface area contributed by atoms with E-state index in [1.807, 2.05) is 24.3 Å². The molecule has 9 nitrogen and oxygen atoms in total. The van der Waals surface area contributed by atoms with Crippen LogP contribution in [0.1, 0.15) is 30.2 Å². The summed E-state index contributed by atoms with van der Waals surface area (Å²) < 4.78 is 5.01. The first kappa shape index (κ1) is 25.2. The number of carbonyl (C=O) groups is 1. The van der Waals surface area contributed by atoms with Crippen LogP contribution in [0.4, 0.5) is 17.5 Å². The molecule has 0 bridgehead atoms. The van der Waals surface area contributed by atoms with Crippen LogP contribution in [0.25, 0.3) is 22.6 Å². The van der Waals surface area contributed by atoms with Crippen LogP contribution in [-0.2, 0) is 16.0 Å². The first-order valence-electron chi connectivity index (χ1n) is 12.8. The Morgan fingerprint density at radius 2 is 2.16 bits per heavy atom.